The van der Waals surface area contributed by atoms with Crippen molar-refractivity contribution in [2.75, 3.05) is 0 Å². The molecule has 0 spiro atoms. The molecule has 5 rings (SSSR count). The monoisotopic (exact) mass is 458 g/mol. The number of carbonyl (C=O) groups is 1. The normalized spacial score (nSPS) is 20.2. The van der Waals surface area contributed by atoms with Crippen molar-refractivity contribution in [1.29, 1.82) is 0 Å². The van der Waals surface area contributed by atoms with Crippen LogP contribution in [0.3, 0.4) is 0 Å². The minimum Gasteiger partial charge on any atom is -0.481 e. The summed E-state index contributed by atoms with van der Waals surface area (Å²) in [4.78, 5) is 30.2. The first-order chi connectivity index (χ1) is 16.1. The number of hydrogen-bond acceptors (Lipinski definition) is 6. The van der Waals surface area contributed by atoms with Gasteiger partial charge < -0.3 is 5.11 Å². The number of benzene rings is 2. The molecule has 0 aliphatic heterocycles. The van der Waals surface area contributed by atoms with Gasteiger partial charge in [-0.15, -0.1) is 16.9 Å². The molecule has 4 aromatic rings. The van der Waals surface area contributed by atoms with E-state index < -0.39 is 11.9 Å². The quantitative estimate of drug-likeness (QED) is 0.464. The summed E-state index contributed by atoms with van der Waals surface area (Å²) in [7, 11) is 0. The van der Waals surface area contributed by atoms with Crippen molar-refractivity contribution in [2.45, 2.75) is 29.5 Å². The van der Waals surface area contributed by atoms with E-state index in [0.29, 0.717) is 10.9 Å². The Bertz CT molecular complexity index is 1340. The van der Waals surface area contributed by atoms with Crippen LogP contribution in [0.2, 0.25) is 0 Å². The van der Waals surface area contributed by atoms with E-state index in [1.807, 2.05) is 48.7 Å². The van der Waals surface area contributed by atoms with Gasteiger partial charge in [0, 0.05) is 22.5 Å². The van der Waals surface area contributed by atoms with Crippen LogP contribution >= 0.6 is 11.8 Å². The van der Waals surface area contributed by atoms with Crippen molar-refractivity contribution >= 4 is 28.6 Å². The van der Waals surface area contributed by atoms with Gasteiger partial charge in [-0.05, 0) is 60.2 Å². The number of fused-ring (bicyclic) bond motifs is 1. The molecule has 0 amide bonds. The van der Waals surface area contributed by atoms with Gasteiger partial charge in [-0.25, -0.2) is 4.68 Å². The minimum absolute atomic E-state index is 0.0686. The molecular weight excluding hydrogens is 436 g/mol. The number of rotatable bonds is 6. The molecule has 2 aromatic carbocycles. The standard InChI is InChI=1S/C25H22N4O3S/c30-24-20-5-1-2-6-21(20)27-28-29(24)15-18-9-12-22(23(18)25(31)32)33-19-10-7-16(8-11-19)17-4-3-13-26-14-17/h1-8,10-11,13-14,18,22-23H,9,12,15H2,(H,31,32)/t18-,22-,23-/m1/s1. The van der Waals surface area contributed by atoms with E-state index in [-0.39, 0.29) is 23.3 Å². The Labute approximate surface area is 194 Å². The third kappa shape index (κ3) is 4.39. The van der Waals surface area contributed by atoms with Crippen LogP contribution in [0, 0.1) is 11.8 Å². The van der Waals surface area contributed by atoms with Crippen molar-refractivity contribution in [3.05, 3.63) is 83.4 Å². The molecule has 0 saturated heterocycles. The van der Waals surface area contributed by atoms with Crippen LogP contribution in [0.5, 0.6) is 0 Å². The lowest BCUT2D eigenvalue weighted by Gasteiger charge is -2.21. The number of aromatic nitrogens is 4. The molecular formula is C25H22N4O3S. The molecule has 166 valence electrons. The van der Waals surface area contributed by atoms with E-state index in [4.69, 9.17) is 0 Å². The lowest BCUT2D eigenvalue weighted by Crippen LogP contribution is -2.33. The second-order valence-corrected chi connectivity index (χ2v) is 9.53. The molecule has 8 heteroatoms. The van der Waals surface area contributed by atoms with Crippen LogP contribution in [-0.4, -0.2) is 36.3 Å². The van der Waals surface area contributed by atoms with Gasteiger partial charge >= 0.3 is 5.97 Å². The van der Waals surface area contributed by atoms with Crippen molar-refractivity contribution in [2.24, 2.45) is 11.8 Å². The highest BCUT2D eigenvalue weighted by molar-refractivity contribution is 8.00. The maximum Gasteiger partial charge on any atom is 0.307 e. The zero-order valence-corrected chi connectivity index (χ0v) is 18.6. The molecule has 7 nitrogen and oxygen atoms in total. The van der Waals surface area contributed by atoms with Gasteiger partial charge in [-0.2, -0.15) is 0 Å². The van der Waals surface area contributed by atoms with E-state index in [0.717, 1.165) is 28.9 Å². The summed E-state index contributed by atoms with van der Waals surface area (Å²) in [6.07, 6.45) is 5.06. The average Bonchev–Trinajstić information content (AvgIpc) is 3.24. The predicted octanol–water partition coefficient (Wildman–Crippen LogP) is 4.13. The van der Waals surface area contributed by atoms with Crippen LogP contribution in [0.1, 0.15) is 12.8 Å². The smallest absolute Gasteiger partial charge is 0.307 e. The summed E-state index contributed by atoms with van der Waals surface area (Å²) in [5, 5.41) is 18.6. The van der Waals surface area contributed by atoms with Gasteiger partial charge in [-0.1, -0.05) is 35.5 Å². The van der Waals surface area contributed by atoms with E-state index in [1.165, 1.54) is 4.68 Å². The summed E-state index contributed by atoms with van der Waals surface area (Å²) >= 11 is 1.59. The van der Waals surface area contributed by atoms with E-state index in [2.05, 4.69) is 15.3 Å². The molecule has 0 bridgehead atoms. The van der Waals surface area contributed by atoms with Gasteiger partial charge in [0.1, 0.15) is 5.52 Å². The molecule has 1 aliphatic carbocycles. The third-order valence-corrected chi connectivity index (χ3v) is 7.56. The number of carboxylic acids is 1. The van der Waals surface area contributed by atoms with E-state index in [1.54, 1.807) is 36.2 Å². The Balaban J connectivity index is 1.33. The molecule has 2 aromatic heterocycles. The lowest BCUT2D eigenvalue weighted by atomic mass is 9.96. The highest BCUT2D eigenvalue weighted by atomic mass is 32.2. The fourth-order valence-electron chi connectivity index (χ4n) is 4.54. The van der Waals surface area contributed by atoms with Crippen LogP contribution in [0.4, 0.5) is 0 Å². The van der Waals surface area contributed by atoms with Crippen LogP contribution in [0.15, 0.2) is 82.7 Å². The van der Waals surface area contributed by atoms with Gasteiger partial charge in [0.25, 0.3) is 5.56 Å². The fourth-order valence-corrected chi connectivity index (χ4v) is 5.92. The number of pyridine rings is 1. The van der Waals surface area contributed by atoms with Gasteiger partial charge in [0.05, 0.1) is 17.8 Å². The van der Waals surface area contributed by atoms with Gasteiger partial charge in [0.2, 0.25) is 0 Å². The van der Waals surface area contributed by atoms with Crippen LogP contribution in [-0.2, 0) is 11.3 Å². The lowest BCUT2D eigenvalue weighted by molar-refractivity contribution is -0.142. The molecule has 0 unspecified atom stereocenters. The third-order valence-electron chi connectivity index (χ3n) is 6.19. The average molecular weight is 459 g/mol. The number of aliphatic carboxylic acids is 1. The summed E-state index contributed by atoms with van der Waals surface area (Å²) in [6, 6.07) is 19.1. The second kappa shape index (κ2) is 9.15. The number of nitrogens with zero attached hydrogens (tertiary/aromatic N) is 4. The SMILES string of the molecule is O=C(O)[C@@H]1[C@@H](Cn2nnc3ccccc3c2=O)CC[C@H]1Sc1ccc(-c2cccnc2)cc1. The highest BCUT2D eigenvalue weighted by Gasteiger charge is 2.42. The first-order valence-corrected chi connectivity index (χ1v) is 11.7. The van der Waals surface area contributed by atoms with Crippen molar-refractivity contribution < 1.29 is 9.90 Å². The molecule has 2 heterocycles. The largest absolute Gasteiger partial charge is 0.481 e. The molecule has 1 saturated carbocycles. The molecule has 1 aliphatic rings. The summed E-state index contributed by atoms with van der Waals surface area (Å²) < 4.78 is 1.32. The van der Waals surface area contributed by atoms with Gasteiger partial charge in [-0.3, -0.25) is 14.6 Å². The second-order valence-electron chi connectivity index (χ2n) is 8.22. The summed E-state index contributed by atoms with van der Waals surface area (Å²) in [5.74, 6) is -1.57. The van der Waals surface area contributed by atoms with Crippen molar-refractivity contribution in [1.82, 2.24) is 20.0 Å². The summed E-state index contributed by atoms with van der Waals surface area (Å²) in [5.41, 5.74) is 2.43. The molecule has 1 fully saturated rings. The number of hydrogen-bond donors (Lipinski definition) is 1. The fraction of sp³-hybridized carbons (Fsp3) is 0.240. The van der Waals surface area contributed by atoms with Crippen LogP contribution in [0.25, 0.3) is 22.0 Å². The van der Waals surface area contributed by atoms with E-state index >= 15 is 0 Å². The number of thioether (sulfide) groups is 1. The Kier molecular flexibility index (Phi) is 5.92. The first-order valence-electron chi connectivity index (χ1n) is 10.8. The summed E-state index contributed by atoms with van der Waals surface area (Å²) in [6.45, 7) is 0.255. The maximum absolute atomic E-state index is 12.8. The Hall–Kier alpha value is -3.52. The van der Waals surface area contributed by atoms with Crippen LogP contribution < -0.4 is 5.56 Å². The van der Waals surface area contributed by atoms with E-state index in [9.17, 15) is 14.7 Å². The van der Waals surface area contributed by atoms with Gasteiger partial charge in [0.15, 0.2) is 0 Å². The predicted molar refractivity (Wildman–Crippen MR) is 127 cm³/mol. The first kappa shape index (κ1) is 21.3. The topological polar surface area (TPSA) is 98.0 Å². The number of carboxylic acid groups (broad SMARTS) is 1. The Morgan fingerprint density at radius 1 is 1.03 bits per heavy atom. The zero-order chi connectivity index (χ0) is 22.8. The molecule has 0 radical (unpaired) electrons. The molecule has 3 atom stereocenters. The highest BCUT2D eigenvalue weighted by Crippen LogP contribution is 2.43. The zero-order valence-electron chi connectivity index (χ0n) is 17.7. The minimum atomic E-state index is -0.830. The van der Waals surface area contributed by atoms with Crippen molar-refractivity contribution in [3.63, 3.8) is 0 Å². The Morgan fingerprint density at radius 3 is 2.61 bits per heavy atom. The maximum atomic E-state index is 12.8. The van der Waals surface area contributed by atoms with Crippen molar-refractivity contribution in [3.8, 4) is 11.1 Å². The molecule has 1 N–H and O–H groups in total. The Morgan fingerprint density at radius 2 is 1.85 bits per heavy atom. The molecule has 33 heavy (non-hydrogen) atoms.